The van der Waals surface area contributed by atoms with Gasteiger partial charge in [-0.05, 0) is 42.8 Å². The molecule has 1 aromatic heterocycles. The van der Waals surface area contributed by atoms with Crippen LogP contribution in [-0.4, -0.2) is 44.3 Å². The van der Waals surface area contributed by atoms with E-state index < -0.39 is 0 Å². The molecule has 2 aromatic carbocycles. The van der Waals surface area contributed by atoms with E-state index in [1.165, 1.54) is 0 Å². The van der Waals surface area contributed by atoms with Crippen LogP contribution in [0.5, 0.6) is 0 Å². The minimum absolute atomic E-state index is 0.0718. The summed E-state index contributed by atoms with van der Waals surface area (Å²) in [6.07, 6.45) is 0. The Balaban J connectivity index is 1.95. The Morgan fingerprint density at radius 1 is 1.11 bits per heavy atom. The molecule has 0 unspecified atom stereocenters. The van der Waals surface area contributed by atoms with Crippen molar-refractivity contribution in [1.29, 1.82) is 0 Å². The average Bonchev–Trinajstić information content (AvgIpc) is 2.71. The summed E-state index contributed by atoms with van der Waals surface area (Å²) in [6.45, 7) is 9.42. The van der Waals surface area contributed by atoms with E-state index in [1.807, 2.05) is 30.3 Å². The van der Waals surface area contributed by atoms with Crippen molar-refractivity contribution >= 4 is 43.6 Å². The van der Waals surface area contributed by atoms with Crippen LogP contribution < -0.4 is 10.3 Å². The Labute approximate surface area is 173 Å². The lowest BCUT2D eigenvalue weighted by molar-refractivity contribution is 0.0339. The smallest absolute Gasteiger partial charge is 0.204 e. The van der Waals surface area contributed by atoms with E-state index in [0.29, 0.717) is 36.6 Å². The van der Waals surface area contributed by atoms with Crippen LogP contribution in [0.3, 0.4) is 0 Å². The van der Waals surface area contributed by atoms with Crippen molar-refractivity contribution < 1.29 is 9.15 Å². The third-order valence-corrected chi connectivity index (χ3v) is 5.94. The second kappa shape index (κ2) is 8.23. The standard InChI is InChI=1S/C22H25BrN2O3/c1-3-25(4-2)22-18(14-24-9-11-27-12-10-24)21(26)20-17-7-6-16(23)13-15(17)5-8-19(20)28-22/h5-8,13H,3-4,9-12,14H2,1-2H3. The zero-order valence-electron chi connectivity index (χ0n) is 16.3. The maximum Gasteiger partial charge on any atom is 0.204 e. The molecular formula is C22H25BrN2O3. The second-order valence-electron chi connectivity index (χ2n) is 7.08. The maximum atomic E-state index is 13.7. The van der Waals surface area contributed by atoms with Crippen molar-refractivity contribution in [2.24, 2.45) is 0 Å². The van der Waals surface area contributed by atoms with Crippen LogP contribution in [0, 0.1) is 0 Å². The van der Waals surface area contributed by atoms with Crippen molar-refractivity contribution in [3.8, 4) is 0 Å². The van der Waals surface area contributed by atoms with E-state index in [4.69, 9.17) is 9.15 Å². The maximum absolute atomic E-state index is 13.7. The topological polar surface area (TPSA) is 45.9 Å². The molecule has 3 aromatic rings. The number of rotatable bonds is 5. The molecule has 0 bridgehead atoms. The molecule has 0 saturated carbocycles. The average molecular weight is 445 g/mol. The van der Waals surface area contributed by atoms with E-state index >= 15 is 0 Å². The van der Waals surface area contributed by atoms with Gasteiger partial charge in [0.05, 0.1) is 24.2 Å². The molecule has 1 fully saturated rings. The predicted molar refractivity (Wildman–Crippen MR) is 117 cm³/mol. The summed E-state index contributed by atoms with van der Waals surface area (Å²) in [5, 5.41) is 2.63. The largest absolute Gasteiger partial charge is 0.440 e. The van der Waals surface area contributed by atoms with Gasteiger partial charge in [0.2, 0.25) is 5.88 Å². The van der Waals surface area contributed by atoms with Crippen molar-refractivity contribution in [2.75, 3.05) is 44.3 Å². The number of fused-ring (bicyclic) bond motifs is 3. The minimum atomic E-state index is 0.0718. The first-order chi connectivity index (χ1) is 13.6. The van der Waals surface area contributed by atoms with Crippen molar-refractivity contribution in [3.63, 3.8) is 0 Å². The summed E-state index contributed by atoms with van der Waals surface area (Å²) < 4.78 is 12.8. The van der Waals surface area contributed by atoms with Crippen LogP contribution in [0.4, 0.5) is 5.88 Å². The highest BCUT2D eigenvalue weighted by Crippen LogP contribution is 2.30. The normalized spacial score (nSPS) is 15.4. The van der Waals surface area contributed by atoms with Crippen molar-refractivity contribution in [3.05, 3.63) is 50.6 Å². The zero-order chi connectivity index (χ0) is 19.7. The summed E-state index contributed by atoms with van der Waals surface area (Å²) in [4.78, 5) is 18.1. The van der Waals surface area contributed by atoms with Gasteiger partial charge >= 0.3 is 0 Å². The number of morpholine rings is 1. The molecule has 0 atom stereocenters. The summed E-state index contributed by atoms with van der Waals surface area (Å²) in [6, 6.07) is 9.93. The molecule has 1 aliphatic rings. The van der Waals surface area contributed by atoms with Crippen molar-refractivity contribution in [2.45, 2.75) is 20.4 Å². The zero-order valence-corrected chi connectivity index (χ0v) is 17.9. The Bertz CT molecular complexity index is 1050. The quantitative estimate of drug-likeness (QED) is 0.546. The van der Waals surface area contributed by atoms with E-state index in [2.05, 4.69) is 39.6 Å². The molecule has 28 heavy (non-hydrogen) atoms. The first-order valence-electron chi connectivity index (χ1n) is 9.85. The van der Waals surface area contributed by atoms with E-state index in [1.54, 1.807) is 0 Å². The van der Waals surface area contributed by atoms with Crippen LogP contribution in [0.25, 0.3) is 21.7 Å². The van der Waals surface area contributed by atoms with E-state index in [-0.39, 0.29) is 5.43 Å². The van der Waals surface area contributed by atoms with Gasteiger partial charge in [-0.15, -0.1) is 0 Å². The number of halogens is 1. The van der Waals surface area contributed by atoms with Gasteiger partial charge in [0.25, 0.3) is 0 Å². The molecule has 1 aliphatic heterocycles. The summed E-state index contributed by atoms with van der Waals surface area (Å²) in [5.41, 5.74) is 1.46. The third-order valence-electron chi connectivity index (χ3n) is 5.45. The fraction of sp³-hybridized carbons (Fsp3) is 0.409. The molecule has 0 radical (unpaired) electrons. The van der Waals surface area contributed by atoms with Gasteiger partial charge in [-0.3, -0.25) is 9.69 Å². The Morgan fingerprint density at radius 3 is 2.57 bits per heavy atom. The SMILES string of the molecule is CCN(CC)c1oc2ccc3cc(Br)ccc3c2c(=O)c1CN1CCOCC1. The number of benzene rings is 2. The summed E-state index contributed by atoms with van der Waals surface area (Å²) in [5.74, 6) is 0.699. The Kier molecular flexibility index (Phi) is 5.71. The van der Waals surface area contributed by atoms with Gasteiger partial charge in [-0.1, -0.05) is 28.1 Å². The monoisotopic (exact) mass is 444 g/mol. The first-order valence-corrected chi connectivity index (χ1v) is 10.6. The summed E-state index contributed by atoms with van der Waals surface area (Å²) >= 11 is 3.52. The number of anilines is 1. The highest BCUT2D eigenvalue weighted by atomic mass is 79.9. The van der Waals surface area contributed by atoms with E-state index in [9.17, 15) is 4.79 Å². The van der Waals surface area contributed by atoms with Gasteiger partial charge in [0, 0.05) is 37.2 Å². The van der Waals surface area contributed by atoms with Crippen LogP contribution in [-0.2, 0) is 11.3 Å². The van der Waals surface area contributed by atoms with Crippen LogP contribution in [0.15, 0.2) is 44.0 Å². The molecule has 148 valence electrons. The van der Waals surface area contributed by atoms with Crippen molar-refractivity contribution in [1.82, 2.24) is 4.90 Å². The lowest BCUT2D eigenvalue weighted by Gasteiger charge is -2.29. The molecule has 0 amide bonds. The number of nitrogens with zero attached hydrogens (tertiary/aromatic N) is 2. The summed E-state index contributed by atoms with van der Waals surface area (Å²) in [7, 11) is 0. The Morgan fingerprint density at radius 2 is 1.86 bits per heavy atom. The molecule has 2 heterocycles. The molecule has 0 N–H and O–H groups in total. The lowest BCUT2D eigenvalue weighted by Crippen LogP contribution is -2.38. The first kappa shape index (κ1) is 19.4. The highest BCUT2D eigenvalue weighted by molar-refractivity contribution is 9.10. The molecule has 6 heteroatoms. The predicted octanol–water partition coefficient (Wildman–Crippen LogP) is 4.39. The van der Waals surface area contributed by atoms with Gasteiger partial charge in [0.15, 0.2) is 5.43 Å². The van der Waals surface area contributed by atoms with Crippen LogP contribution in [0.2, 0.25) is 0 Å². The third kappa shape index (κ3) is 3.56. The van der Waals surface area contributed by atoms with Gasteiger partial charge < -0.3 is 14.1 Å². The lowest BCUT2D eigenvalue weighted by atomic mass is 10.0. The number of hydrogen-bond donors (Lipinski definition) is 0. The van der Waals surface area contributed by atoms with Gasteiger partial charge in [-0.25, -0.2) is 0 Å². The highest BCUT2D eigenvalue weighted by Gasteiger charge is 2.22. The van der Waals surface area contributed by atoms with Crippen LogP contribution in [0.1, 0.15) is 19.4 Å². The number of hydrogen-bond acceptors (Lipinski definition) is 5. The molecule has 0 aliphatic carbocycles. The van der Waals surface area contributed by atoms with Gasteiger partial charge in [0.1, 0.15) is 5.58 Å². The second-order valence-corrected chi connectivity index (χ2v) is 8.00. The fourth-order valence-electron chi connectivity index (χ4n) is 3.90. The molecule has 4 rings (SSSR count). The van der Waals surface area contributed by atoms with Gasteiger partial charge in [-0.2, -0.15) is 0 Å². The molecule has 1 saturated heterocycles. The molecular weight excluding hydrogens is 420 g/mol. The minimum Gasteiger partial charge on any atom is -0.440 e. The van der Waals surface area contributed by atoms with Crippen LogP contribution >= 0.6 is 15.9 Å². The fourth-order valence-corrected chi connectivity index (χ4v) is 4.28. The van der Waals surface area contributed by atoms with E-state index in [0.717, 1.165) is 47.0 Å². The number of ether oxygens (including phenoxy) is 1. The molecule has 0 spiro atoms. The Hall–Kier alpha value is -1.89. The molecule has 5 nitrogen and oxygen atoms in total.